The lowest BCUT2D eigenvalue weighted by atomic mass is 10.2. The molecule has 0 saturated heterocycles. The second-order valence-corrected chi connectivity index (χ2v) is 5.18. The van der Waals surface area contributed by atoms with Gasteiger partial charge in [-0.3, -0.25) is 14.9 Å². The molecule has 0 radical (unpaired) electrons. The van der Waals surface area contributed by atoms with E-state index in [2.05, 4.69) is 5.32 Å². The Hall–Kier alpha value is -3.75. The molecule has 2 rings (SSSR count). The van der Waals surface area contributed by atoms with Gasteiger partial charge in [-0.05, 0) is 29.8 Å². The fourth-order valence-corrected chi connectivity index (χ4v) is 2.02. The second kappa shape index (κ2) is 9.09. The van der Waals surface area contributed by atoms with Gasteiger partial charge in [0.1, 0.15) is 11.6 Å². The third-order valence-corrected chi connectivity index (χ3v) is 3.30. The number of halogens is 1. The molecule has 2 aromatic rings. The van der Waals surface area contributed by atoms with Gasteiger partial charge in [-0.15, -0.1) is 0 Å². The molecule has 0 spiro atoms. The van der Waals surface area contributed by atoms with Gasteiger partial charge in [0.2, 0.25) is 0 Å². The molecule has 9 heteroatoms. The van der Waals surface area contributed by atoms with Gasteiger partial charge in [0.05, 0.1) is 17.7 Å². The number of esters is 1. The number of benzene rings is 2. The first-order valence-electron chi connectivity index (χ1n) is 7.61. The maximum atomic E-state index is 12.8. The van der Waals surface area contributed by atoms with E-state index in [1.165, 1.54) is 49.6 Å². The van der Waals surface area contributed by atoms with Crippen LogP contribution in [0.2, 0.25) is 0 Å². The van der Waals surface area contributed by atoms with E-state index in [9.17, 15) is 24.1 Å². The van der Waals surface area contributed by atoms with Crippen LogP contribution in [-0.4, -0.2) is 30.5 Å². The average molecular weight is 374 g/mol. The lowest BCUT2D eigenvalue weighted by Gasteiger charge is -2.09. The third kappa shape index (κ3) is 5.92. The summed E-state index contributed by atoms with van der Waals surface area (Å²) in [5, 5.41) is 13.2. The van der Waals surface area contributed by atoms with Crippen molar-refractivity contribution in [3.05, 3.63) is 70.0 Å². The number of nitro groups is 1. The molecule has 0 aromatic heterocycles. The molecule has 8 nitrogen and oxygen atoms in total. The number of hydrogen-bond acceptors (Lipinski definition) is 6. The van der Waals surface area contributed by atoms with E-state index in [-0.39, 0.29) is 17.1 Å². The Labute approximate surface area is 153 Å². The number of carbonyl (C=O) groups is 2. The minimum absolute atomic E-state index is 0.0783. The molecule has 0 aliphatic rings. The van der Waals surface area contributed by atoms with Crippen molar-refractivity contribution < 1.29 is 28.4 Å². The zero-order valence-electron chi connectivity index (χ0n) is 14.2. The smallest absolute Gasteiger partial charge is 0.331 e. The van der Waals surface area contributed by atoms with Crippen LogP contribution in [0.1, 0.15) is 5.56 Å². The van der Waals surface area contributed by atoms with Crippen molar-refractivity contribution in [1.29, 1.82) is 0 Å². The Kier molecular flexibility index (Phi) is 6.59. The molecule has 0 aliphatic heterocycles. The van der Waals surface area contributed by atoms with Crippen molar-refractivity contribution in [2.24, 2.45) is 0 Å². The maximum absolute atomic E-state index is 12.8. The number of nitro benzene ring substituents is 1. The van der Waals surface area contributed by atoms with E-state index in [1.807, 2.05) is 0 Å². The Bertz CT molecular complexity index is 880. The van der Waals surface area contributed by atoms with Gasteiger partial charge >= 0.3 is 5.97 Å². The van der Waals surface area contributed by atoms with Gasteiger partial charge in [-0.1, -0.05) is 12.1 Å². The zero-order valence-corrected chi connectivity index (χ0v) is 14.2. The van der Waals surface area contributed by atoms with E-state index in [0.717, 1.165) is 12.1 Å². The number of nitrogens with zero attached hydrogens (tertiary/aromatic N) is 1. The number of rotatable bonds is 7. The summed E-state index contributed by atoms with van der Waals surface area (Å²) in [5.74, 6) is -1.66. The van der Waals surface area contributed by atoms with Gasteiger partial charge in [-0.2, -0.15) is 0 Å². The van der Waals surface area contributed by atoms with Crippen molar-refractivity contribution in [2.75, 3.05) is 19.0 Å². The summed E-state index contributed by atoms with van der Waals surface area (Å²) in [6.45, 7) is -0.599. The number of amides is 1. The van der Waals surface area contributed by atoms with Crippen molar-refractivity contribution in [1.82, 2.24) is 0 Å². The fraction of sp³-hybridized carbons (Fsp3) is 0.111. The SMILES string of the molecule is COc1ccc([N+](=O)[O-])cc1NC(=O)COC(=O)/C=C/c1ccc(F)cc1. The molecular weight excluding hydrogens is 359 g/mol. The highest BCUT2D eigenvalue weighted by atomic mass is 19.1. The van der Waals surface area contributed by atoms with Crippen LogP contribution in [0.25, 0.3) is 6.08 Å². The van der Waals surface area contributed by atoms with Crippen molar-refractivity contribution in [2.45, 2.75) is 0 Å². The summed E-state index contributed by atoms with van der Waals surface area (Å²) in [7, 11) is 1.34. The minimum atomic E-state index is -0.777. The van der Waals surface area contributed by atoms with Crippen LogP contribution in [0, 0.1) is 15.9 Å². The zero-order chi connectivity index (χ0) is 19.8. The second-order valence-electron chi connectivity index (χ2n) is 5.18. The summed E-state index contributed by atoms with van der Waals surface area (Å²) < 4.78 is 22.6. The van der Waals surface area contributed by atoms with E-state index in [1.54, 1.807) is 0 Å². The standard InChI is InChI=1S/C18H15FN2O6/c1-26-16-8-7-14(21(24)25)10-15(16)20-17(22)11-27-18(23)9-4-12-2-5-13(19)6-3-12/h2-10H,11H2,1H3,(H,20,22)/b9-4+. The quantitative estimate of drug-likeness (QED) is 0.345. The lowest BCUT2D eigenvalue weighted by molar-refractivity contribution is -0.384. The van der Waals surface area contributed by atoms with Gasteiger partial charge in [-0.25, -0.2) is 9.18 Å². The summed E-state index contributed by atoms with van der Waals surface area (Å²) in [4.78, 5) is 33.7. The highest BCUT2D eigenvalue weighted by Gasteiger charge is 2.14. The summed E-state index contributed by atoms with van der Waals surface area (Å²) >= 11 is 0. The van der Waals surface area contributed by atoms with Gasteiger partial charge < -0.3 is 14.8 Å². The third-order valence-electron chi connectivity index (χ3n) is 3.30. The number of nitrogens with one attached hydrogen (secondary N) is 1. The molecule has 0 heterocycles. The van der Waals surface area contributed by atoms with E-state index < -0.39 is 29.2 Å². The Balaban J connectivity index is 1.92. The highest BCUT2D eigenvalue weighted by Crippen LogP contribution is 2.28. The van der Waals surface area contributed by atoms with Crippen LogP contribution in [0.4, 0.5) is 15.8 Å². The predicted molar refractivity (Wildman–Crippen MR) is 94.7 cm³/mol. The van der Waals surface area contributed by atoms with Crippen LogP contribution in [0.3, 0.4) is 0 Å². The maximum Gasteiger partial charge on any atom is 0.331 e. The first-order valence-corrected chi connectivity index (χ1v) is 7.61. The normalized spacial score (nSPS) is 10.4. The molecule has 0 bridgehead atoms. The molecule has 140 valence electrons. The Morgan fingerprint density at radius 3 is 2.56 bits per heavy atom. The lowest BCUT2D eigenvalue weighted by Crippen LogP contribution is -2.20. The molecule has 2 aromatic carbocycles. The largest absolute Gasteiger partial charge is 0.495 e. The molecule has 1 N–H and O–H groups in total. The number of anilines is 1. The molecule has 0 unspecified atom stereocenters. The van der Waals surface area contributed by atoms with Crippen LogP contribution in [0.5, 0.6) is 5.75 Å². The van der Waals surface area contributed by atoms with Crippen molar-refractivity contribution >= 4 is 29.3 Å². The molecule has 27 heavy (non-hydrogen) atoms. The molecule has 0 aliphatic carbocycles. The summed E-state index contributed by atoms with van der Waals surface area (Å²) in [6.07, 6.45) is 2.50. The van der Waals surface area contributed by atoms with Crippen LogP contribution in [-0.2, 0) is 14.3 Å². The van der Waals surface area contributed by atoms with E-state index in [0.29, 0.717) is 5.56 Å². The van der Waals surface area contributed by atoms with Gasteiger partial charge in [0, 0.05) is 18.2 Å². The van der Waals surface area contributed by atoms with Crippen molar-refractivity contribution in [3.8, 4) is 5.75 Å². The summed E-state index contributed by atoms with van der Waals surface area (Å²) in [5.41, 5.74) is 0.430. The van der Waals surface area contributed by atoms with Crippen LogP contribution >= 0.6 is 0 Å². The van der Waals surface area contributed by atoms with E-state index in [4.69, 9.17) is 9.47 Å². The first-order chi connectivity index (χ1) is 12.9. The molecule has 0 saturated carbocycles. The van der Waals surface area contributed by atoms with Crippen LogP contribution in [0.15, 0.2) is 48.5 Å². The predicted octanol–water partition coefficient (Wildman–Crippen LogP) is 2.94. The van der Waals surface area contributed by atoms with Gasteiger partial charge in [0.25, 0.3) is 11.6 Å². The summed E-state index contributed by atoms with van der Waals surface area (Å²) in [6, 6.07) is 9.13. The molecule has 0 atom stereocenters. The fourth-order valence-electron chi connectivity index (χ4n) is 2.02. The number of hydrogen-bond donors (Lipinski definition) is 1. The number of ether oxygens (including phenoxy) is 2. The number of methoxy groups -OCH3 is 1. The van der Waals surface area contributed by atoms with E-state index >= 15 is 0 Å². The average Bonchev–Trinajstić information content (AvgIpc) is 2.65. The first kappa shape index (κ1) is 19.6. The highest BCUT2D eigenvalue weighted by molar-refractivity contribution is 5.96. The molecule has 1 amide bonds. The number of carbonyl (C=O) groups excluding carboxylic acids is 2. The minimum Gasteiger partial charge on any atom is -0.495 e. The van der Waals surface area contributed by atoms with Crippen molar-refractivity contribution in [3.63, 3.8) is 0 Å². The monoisotopic (exact) mass is 374 g/mol. The Morgan fingerprint density at radius 2 is 1.93 bits per heavy atom. The Morgan fingerprint density at radius 1 is 1.22 bits per heavy atom. The van der Waals surface area contributed by atoms with Crippen LogP contribution < -0.4 is 10.1 Å². The molecule has 0 fully saturated rings. The van der Waals surface area contributed by atoms with Gasteiger partial charge in [0.15, 0.2) is 6.61 Å². The topological polar surface area (TPSA) is 108 Å². The number of non-ortho nitro benzene ring substituents is 1. The molecular formula is C18H15FN2O6.